The predicted octanol–water partition coefficient (Wildman–Crippen LogP) is 4.91. The van der Waals surface area contributed by atoms with Crippen molar-refractivity contribution < 1.29 is 23.4 Å². The second-order valence-corrected chi connectivity index (χ2v) is 6.73. The fourth-order valence-corrected chi connectivity index (χ4v) is 2.98. The minimum Gasteiger partial charge on any atom is -0.494 e. The van der Waals surface area contributed by atoms with E-state index in [-0.39, 0.29) is 11.7 Å². The van der Waals surface area contributed by atoms with E-state index in [0.29, 0.717) is 29.2 Å². The van der Waals surface area contributed by atoms with Crippen molar-refractivity contribution in [3.63, 3.8) is 0 Å². The van der Waals surface area contributed by atoms with E-state index in [1.165, 1.54) is 26.4 Å². The van der Waals surface area contributed by atoms with Crippen molar-refractivity contribution in [3.8, 4) is 17.2 Å². The topological polar surface area (TPSA) is 56.8 Å². The molecule has 1 amide bonds. The normalized spacial score (nSPS) is 11.5. The zero-order chi connectivity index (χ0) is 21.5. The van der Waals surface area contributed by atoms with Crippen LogP contribution in [0.25, 0.3) is 0 Å². The Kier molecular flexibility index (Phi) is 6.91. The van der Waals surface area contributed by atoms with E-state index in [1.807, 2.05) is 30.3 Å². The molecule has 0 aliphatic carbocycles. The maximum absolute atomic E-state index is 13.9. The van der Waals surface area contributed by atoms with Crippen LogP contribution in [0.3, 0.4) is 0 Å². The fourth-order valence-electron chi connectivity index (χ4n) is 2.98. The van der Waals surface area contributed by atoms with Gasteiger partial charge in [-0.15, -0.1) is 0 Å². The second-order valence-electron chi connectivity index (χ2n) is 6.73. The Labute approximate surface area is 175 Å². The summed E-state index contributed by atoms with van der Waals surface area (Å²) in [6, 6.07) is 19.0. The molecule has 0 heterocycles. The average molecular weight is 409 g/mol. The summed E-state index contributed by atoms with van der Waals surface area (Å²) in [5.74, 6) is 0.391. The lowest BCUT2D eigenvalue weighted by molar-refractivity contribution is 0.0939. The summed E-state index contributed by atoms with van der Waals surface area (Å²) in [5.41, 5.74) is 2.08. The van der Waals surface area contributed by atoms with Crippen molar-refractivity contribution >= 4 is 5.91 Å². The van der Waals surface area contributed by atoms with Crippen LogP contribution in [0.2, 0.25) is 0 Å². The molecule has 156 valence electrons. The lowest BCUT2D eigenvalue weighted by Crippen LogP contribution is -2.26. The van der Waals surface area contributed by atoms with E-state index in [1.54, 1.807) is 31.2 Å². The van der Waals surface area contributed by atoms with Crippen LogP contribution in [0.5, 0.6) is 17.2 Å². The van der Waals surface area contributed by atoms with E-state index in [0.717, 1.165) is 5.56 Å². The number of methoxy groups -OCH3 is 2. The van der Waals surface area contributed by atoms with Gasteiger partial charge in [-0.1, -0.05) is 36.4 Å². The molecule has 0 unspecified atom stereocenters. The van der Waals surface area contributed by atoms with Gasteiger partial charge in [0.25, 0.3) is 5.91 Å². The van der Waals surface area contributed by atoms with Crippen molar-refractivity contribution in [1.29, 1.82) is 0 Å². The molecule has 5 nitrogen and oxygen atoms in total. The van der Waals surface area contributed by atoms with Crippen molar-refractivity contribution in [1.82, 2.24) is 5.32 Å². The third-order valence-corrected chi connectivity index (χ3v) is 4.69. The molecule has 0 saturated heterocycles. The first-order valence-electron chi connectivity index (χ1n) is 9.51. The Morgan fingerprint density at radius 2 is 1.63 bits per heavy atom. The molecule has 0 spiro atoms. The lowest BCUT2D eigenvalue weighted by Gasteiger charge is -2.16. The van der Waals surface area contributed by atoms with E-state index >= 15 is 0 Å². The SMILES string of the molecule is COc1ccc([C@H](C)NC(=O)c2ccc(OCc3ccccc3)c(OC)c2)cc1F. The van der Waals surface area contributed by atoms with Crippen LogP contribution in [0, 0.1) is 5.82 Å². The summed E-state index contributed by atoms with van der Waals surface area (Å²) in [4.78, 5) is 12.7. The van der Waals surface area contributed by atoms with E-state index in [4.69, 9.17) is 14.2 Å². The first-order chi connectivity index (χ1) is 14.5. The van der Waals surface area contributed by atoms with Gasteiger partial charge in [-0.2, -0.15) is 0 Å². The van der Waals surface area contributed by atoms with E-state index < -0.39 is 11.9 Å². The number of nitrogens with one attached hydrogen (secondary N) is 1. The van der Waals surface area contributed by atoms with Crippen LogP contribution >= 0.6 is 0 Å². The second kappa shape index (κ2) is 9.78. The molecule has 0 aromatic heterocycles. The summed E-state index contributed by atoms with van der Waals surface area (Å²) in [6.45, 7) is 2.18. The van der Waals surface area contributed by atoms with Gasteiger partial charge in [0.1, 0.15) is 6.61 Å². The van der Waals surface area contributed by atoms with Crippen LogP contribution in [0.15, 0.2) is 66.7 Å². The third kappa shape index (κ3) is 5.08. The first-order valence-corrected chi connectivity index (χ1v) is 9.51. The number of hydrogen-bond donors (Lipinski definition) is 1. The Balaban J connectivity index is 1.69. The number of rotatable bonds is 8. The van der Waals surface area contributed by atoms with Crippen LogP contribution in [0.4, 0.5) is 4.39 Å². The summed E-state index contributed by atoms with van der Waals surface area (Å²) < 4.78 is 30.1. The molecule has 3 aromatic carbocycles. The molecular weight excluding hydrogens is 385 g/mol. The summed E-state index contributed by atoms with van der Waals surface area (Å²) in [5, 5.41) is 2.86. The van der Waals surface area contributed by atoms with Crippen molar-refractivity contribution in [2.75, 3.05) is 14.2 Å². The Bertz CT molecular complexity index is 1010. The molecule has 1 N–H and O–H groups in total. The monoisotopic (exact) mass is 409 g/mol. The summed E-state index contributed by atoms with van der Waals surface area (Å²) in [7, 11) is 2.93. The van der Waals surface area contributed by atoms with Crippen LogP contribution in [-0.2, 0) is 6.61 Å². The fraction of sp³-hybridized carbons (Fsp3) is 0.208. The summed E-state index contributed by atoms with van der Waals surface area (Å²) in [6.07, 6.45) is 0. The molecule has 6 heteroatoms. The van der Waals surface area contributed by atoms with Crippen LogP contribution in [-0.4, -0.2) is 20.1 Å². The molecule has 0 saturated carbocycles. The Morgan fingerprint density at radius 3 is 2.30 bits per heavy atom. The molecule has 3 rings (SSSR count). The molecule has 0 bridgehead atoms. The summed E-state index contributed by atoms with van der Waals surface area (Å²) >= 11 is 0. The number of hydrogen-bond acceptors (Lipinski definition) is 4. The molecule has 0 radical (unpaired) electrons. The molecule has 0 aliphatic rings. The number of carbonyl (C=O) groups is 1. The highest BCUT2D eigenvalue weighted by molar-refractivity contribution is 5.95. The zero-order valence-corrected chi connectivity index (χ0v) is 17.1. The highest BCUT2D eigenvalue weighted by atomic mass is 19.1. The van der Waals surface area contributed by atoms with Gasteiger partial charge in [-0.3, -0.25) is 4.79 Å². The smallest absolute Gasteiger partial charge is 0.251 e. The minimum atomic E-state index is -0.474. The molecule has 30 heavy (non-hydrogen) atoms. The van der Waals surface area contributed by atoms with Crippen LogP contribution in [0.1, 0.15) is 34.5 Å². The van der Waals surface area contributed by atoms with Gasteiger partial charge in [0.05, 0.1) is 20.3 Å². The van der Waals surface area contributed by atoms with Gasteiger partial charge in [-0.05, 0) is 48.4 Å². The zero-order valence-electron chi connectivity index (χ0n) is 17.1. The highest BCUT2D eigenvalue weighted by Gasteiger charge is 2.16. The van der Waals surface area contributed by atoms with Gasteiger partial charge >= 0.3 is 0 Å². The van der Waals surface area contributed by atoms with Crippen molar-refractivity contribution in [3.05, 3.63) is 89.2 Å². The van der Waals surface area contributed by atoms with Crippen molar-refractivity contribution in [2.24, 2.45) is 0 Å². The Hall–Kier alpha value is -3.54. The molecular formula is C24H24FNO4. The average Bonchev–Trinajstić information content (AvgIpc) is 2.78. The standard InChI is InChI=1S/C24H24FNO4/c1-16(18-9-11-21(28-2)20(25)13-18)26-24(27)19-10-12-22(23(14-19)29-3)30-15-17-7-5-4-6-8-17/h4-14,16H,15H2,1-3H3,(H,26,27)/t16-/m0/s1. The van der Waals surface area contributed by atoms with Crippen LogP contribution < -0.4 is 19.5 Å². The van der Waals surface area contributed by atoms with E-state index in [9.17, 15) is 9.18 Å². The highest BCUT2D eigenvalue weighted by Crippen LogP contribution is 2.29. The first kappa shape index (κ1) is 21.2. The number of benzene rings is 3. The molecule has 1 atom stereocenters. The van der Waals surface area contributed by atoms with Gasteiger partial charge in [0.15, 0.2) is 23.1 Å². The van der Waals surface area contributed by atoms with Gasteiger partial charge < -0.3 is 19.5 Å². The Morgan fingerprint density at radius 1 is 0.933 bits per heavy atom. The van der Waals surface area contributed by atoms with Gasteiger partial charge in [-0.25, -0.2) is 4.39 Å². The largest absolute Gasteiger partial charge is 0.494 e. The minimum absolute atomic E-state index is 0.160. The maximum atomic E-state index is 13.9. The number of amides is 1. The number of halogens is 1. The molecule has 3 aromatic rings. The third-order valence-electron chi connectivity index (χ3n) is 4.69. The van der Waals surface area contributed by atoms with Gasteiger partial charge in [0, 0.05) is 5.56 Å². The quantitative estimate of drug-likeness (QED) is 0.574. The lowest BCUT2D eigenvalue weighted by atomic mass is 10.1. The van der Waals surface area contributed by atoms with Crippen molar-refractivity contribution in [2.45, 2.75) is 19.6 Å². The predicted molar refractivity (Wildman–Crippen MR) is 113 cm³/mol. The maximum Gasteiger partial charge on any atom is 0.251 e. The number of carbonyl (C=O) groups excluding carboxylic acids is 1. The van der Waals surface area contributed by atoms with Gasteiger partial charge in [0.2, 0.25) is 0 Å². The number of ether oxygens (including phenoxy) is 3. The molecule has 0 aliphatic heterocycles. The molecule has 0 fully saturated rings. The van der Waals surface area contributed by atoms with E-state index in [2.05, 4.69) is 5.32 Å².